The molecule has 2 fully saturated rings. The van der Waals surface area contributed by atoms with E-state index in [9.17, 15) is 9.18 Å². The van der Waals surface area contributed by atoms with E-state index in [4.69, 9.17) is 0 Å². The molecule has 3 rings (SSSR count). The number of hydrogen-bond acceptors (Lipinski definition) is 3. The van der Waals surface area contributed by atoms with Crippen molar-refractivity contribution in [3.8, 4) is 0 Å². The average Bonchev–Trinajstić information content (AvgIpc) is 3.36. The first-order valence-electron chi connectivity index (χ1n) is 8.70. The van der Waals surface area contributed by atoms with Crippen molar-refractivity contribution in [2.24, 2.45) is 5.92 Å². The van der Waals surface area contributed by atoms with Gasteiger partial charge in [-0.2, -0.15) is 0 Å². The lowest BCUT2D eigenvalue weighted by molar-refractivity contribution is -0.116. The Morgan fingerprint density at radius 1 is 1.22 bits per heavy atom. The molecule has 2 N–H and O–H groups in total. The van der Waals surface area contributed by atoms with E-state index in [2.05, 4.69) is 15.5 Å². The van der Waals surface area contributed by atoms with Crippen LogP contribution < -0.4 is 10.6 Å². The maximum atomic E-state index is 13.1. The van der Waals surface area contributed by atoms with Crippen LogP contribution in [0.4, 0.5) is 10.1 Å². The first kappa shape index (κ1) is 16.4. The number of carbonyl (C=O) groups is 1. The van der Waals surface area contributed by atoms with E-state index in [1.807, 2.05) is 0 Å². The molecule has 0 bridgehead atoms. The van der Waals surface area contributed by atoms with E-state index in [0.717, 1.165) is 38.4 Å². The molecule has 1 aromatic carbocycles. The molecule has 1 aliphatic heterocycles. The predicted octanol–water partition coefficient (Wildman–Crippen LogP) is 2.62. The third-order valence-corrected chi connectivity index (χ3v) is 4.74. The molecule has 1 aliphatic carbocycles. The lowest BCUT2D eigenvalue weighted by Crippen LogP contribution is -2.43. The first-order chi connectivity index (χ1) is 11.2. The summed E-state index contributed by atoms with van der Waals surface area (Å²) in [6, 6.07) is 6.67. The Morgan fingerprint density at radius 3 is 2.70 bits per heavy atom. The van der Waals surface area contributed by atoms with Crippen LogP contribution in [0.25, 0.3) is 0 Å². The molecule has 2 aliphatic rings. The number of anilines is 1. The Bertz CT molecular complexity index is 525. The first-order valence-corrected chi connectivity index (χ1v) is 8.70. The lowest BCUT2D eigenvalue weighted by Gasteiger charge is -2.32. The van der Waals surface area contributed by atoms with Crippen molar-refractivity contribution >= 4 is 11.6 Å². The van der Waals surface area contributed by atoms with E-state index < -0.39 is 0 Å². The van der Waals surface area contributed by atoms with Gasteiger partial charge in [-0.3, -0.25) is 4.79 Å². The van der Waals surface area contributed by atoms with E-state index in [1.54, 1.807) is 12.1 Å². The van der Waals surface area contributed by atoms with Crippen molar-refractivity contribution in [2.45, 2.75) is 38.1 Å². The van der Waals surface area contributed by atoms with Crippen LogP contribution >= 0.6 is 0 Å². The number of amides is 1. The predicted molar refractivity (Wildman–Crippen MR) is 89.8 cm³/mol. The summed E-state index contributed by atoms with van der Waals surface area (Å²) in [5.74, 6) is 0.549. The molecule has 0 spiro atoms. The van der Waals surface area contributed by atoms with Gasteiger partial charge >= 0.3 is 0 Å². The van der Waals surface area contributed by atoms with E-state index in [-0.39, 0.29) is 11.7 Å². The minimum atomic E-state index is -0.330. The monoisotopic (exact) mass is 319 g/mol. The third kappa shape index (κ3) is 5.59. The molecular formula is C18H26FN3O. The standard InChI is InChI=1S/C18H26FN3O/c19-15-2-1-3-17(12-15)21-18(23)8-11-22-9-6-16(7-10-22)20-13-14-4-5-14/h1-3,12,14,16,20H,4-11,13H2,(H,21,23). The number of carbonyl (C=O) groups excluding carboxylic acids is 1. The smallest absolute Gasteiger partial charge is 0.225 e. The number of rotatable bonds is 7. The van der Waals surface area contributed by atoms with Crippen LogP contribution in [0.5, 0.6) is 0 Å². The number of halogens is 1. The number of benzene rings is 1. The van der Waals surface area contributed by atoms with Gasteiger partial charge in [-0.25, -0.2) is 4.39 Å². The average molecular weight is 319 g/mol. The number of piperidine rings is 1. The summed E-state index contributed by atoms with van der Waals surface area (Å²) in [5, 5.41) is 6.42. The maximum Gasteiger partial charge on any atom is 0.225 e. The van der Waals surface area contributed by atoms with Crippen molar-refractivity contribution < 1.29 is 9.18 Å². The molecule has 1 saturated heterocycles. The molecular weight excluding hydrogens is 293 g/mol. The zero-order valence-electron chi connectivity index (χ0n) is 13.6. The summed E-state index contributed by atoms with van der Waals surface area (Å²) >= 11 is 0. The Balaban J connectivity index is 1.31. The molecule has 1 amide bonds. The largest absolute Gasteiger partial charge is 0.326 e. The molecule has 1 saturated carbocycles. The molecule has 4 nitrogen and oxygen atoms in total. The maximum absolute atomic E-state index is 13.1. The van der Waals surface area contributed by atoms with Crippen LogP contribution in [0.15, 0.2) is 24.3 Å². The molecule has 5 heteroatoms. The summed E-state index contributed by atoms with van der Waals surface area (Å²) < 4.78 is 13.1. The summed E-state index contributed by atoms with van der Waals surface area (Å²) in [4.78, 5) is 14.3. The SMILES string of the molecule is O=C(CCN1CCC(NCC2CC2)CC1)Nc1cccc(F)c1. The van der Waals surface area contributed by atoms with Crippen LogP contribution in [0, 0.1) is 11.7 Å². The number of nitrogens with zero attached hydrogens (tertiary/aromatic N) is 1. The highest BCUT2D eigenvalue weighted by Crippen LogP contribution is 2.28. The molecule has 23 heavy (non-hydrogen) atoms. The van der Waals surface area contributed by atoms with Gasteiger partial charge in [0, 0.05) is 24.7 Å². The minimum absolute atomic E-state index is 0.0513. The number of likely N-dealkylation sites (tertiary alicyclic amines) is 1. The van der Waals surface area contributed by atoms with E-state index in [1.165, 1.54) is 31.5 Å². The normalized spacial score (nSPS) is 19.7. The molecule has 126 valence electrons. The van der Waals surface area contributed by atoms with Crippen LogP contribution in [0.1, 0.15) is 32.1 Å². The Kier molecular flexibility index (Phi) is 5.62. The zero-order valence-corrected chi connectivity index (χ0v) is 13.6. The molecule has 0 radical (unpaired) electrons. The Hall–Kier alpha value is -1.46. The molecule has 0 atom stereocenters. The van der Waals surface area contributed by atoms with Crippen molar-refractivity contribution in [3.63, 3.8) is 0 Å². The van der Waals surface area contributed by atoms with Crippen LogP contribution in [0.2, 0.25) is 0 Å². The van der Waals surface area contributed by atoms with Crippen molar-refractivity contribution in [1.29, 1.82) is 0 Å². The highest BCUT2D eigenvalue weighted by molar-refractivity contribution is 5.90. The van der Waals surface area contributed by atoms with Gasteiger partial charge in [-0.05, 0) is 69.4 Å². The van der Waals surface area contributed by atoms with Gasteiger partial charge in [0.2, 0.25) is 5.91 Å². The second kappa shape index (κ2) is 7.88. The summed E-state index contributed by atoms with van der Waals surface area (Å²) in [6.07, 6.45) is 5.58. The van der Waals surface area contributed by atoms with Crippen molar-refractivity contribution in [1.82, 2.24) is 10.2 Å². The third-order valence-electron chi connectivity index (χ3n) is 4.74. The van der Waals surface area contributed by atoms with Gasteiger partial charge < -0.3 is 15.5 Å². The quantitative estimate of drug-likeness (QED) is 0.812. The Labute approximate surface area is 137 Å². The zero-order chi connectivity index (χ0) is 16.1. The fraction of sp³-hybridized carbons (Fsp3) is 0.611. The van der Waals surface area contributed by atoms with Gasteiger partial charge in [0.1, 0.15) is 5.82 Å². The topological polar surface area (TPSA) is 44.4 Å². The van der Waals surface area contributed by atoms with Crippen molar-refractivity contribution in [2.75, 3.05) is 31.5 Å². The molecule has 0 unspecified atom stereocenters. The Morgan fingerprint density at radius 2 is 2.00 bits per heavy atom. The van der Waals surface area contributed by atoms with Crippen LogP contribution in [-0.4, -0.2) is 43.0 Å². The van der Waals surface area contributed by atoms with Gasteiger partial charge in [-0.15, -0.1) is 0 Å². The fourth-order valence-electron chi connectivity index (χ4n) is 3.07. The summed E-state index contributed by atoms with van der Waals surface area (Å²) in [7, 11) is 0. The van der Waals surface area contributed by atoms with Gasteiger partial charge in [0.15, 0.2) is 0 Å². The molecule has 1 heterocycles. The van der Waals surface area contributed by atoms with E-state index >= 15 is 0 Å². The highest BCUT2D eigenvalue weighted by atomic mass is 19.1. The van der Waals surface area contributed by atoms with Crippen LogP contribution in [0.3, 0.4) is 0 Å². The summed E-state index contributed by atoms with van der Waals surface area (Å²) in [6.45, 7) is 4.06. The molecule has 0 aromatic heterocycles. The van der Waals surface area contributed by atoms with Crippen molar-refractivity contribution in [3.05, 3.63) is 30.1 Å². The van der Waals surface area contributed by atoms with E-state index in [0.29, 0.717) is 18.2 Å². The highest BCUT2D eigenvalue weighted by Gasteiger charge is 2.24. The molecule has 1 aromatic rings. The fourth-order valence-corrected chi connectivity index (χ4v) is 3.07. The van der Waals surface area contributed by atoms with Gasteiger partial charge in [0.05, 0.1) is 0 Å². The second-order valence-corrected chi connectivity index (χ2v) is 6.78. The van der Waals surface area contributed by atoms with Gasteiger partial charge in [-0.1, -0.05) is 6.07 Å². The number of nitrogens with one attached hydrogen (secondary N) is 2. The lowest BCUT2D eigenvalue weighted by atomic mass is 10.0. The number of hydrogen-bond donors (Lipinski definition) is 2. The van der Waals surface area contributed by atoms with Gasteiger partial charge in [0.25, 0.3) is 0 Å². The van der Waals surface area contributed by atoms with Crippen LogP contribution in [-0.2, 0) is 4.79 Å². The summed E-state index contributed by atoms with van der Waals surface area (Å²) in [5.41, 5.74) is 0.526. The second-order valence-electron chi connectivity index (χ2n) is 6.78. The minimum Gasteiger partial charge on any atom is -0.326 e.